The maximum Gasteiger partial charge on any atom is 0.271 e. The van der Waals surface area contributed by atoms with Gasteiger partial charge in [-0.15, -0.1) is 0 Å². The van der Waals surface area contributed by atoms with Crippen LogP contribution in [0.1, 0.15) is 5.56 Å². The number of aromatic nitrogens is 2. The van der Waals surface area contributed by atoms with Gasteiger partial charge in [-0.2, -0.15) is 0 Å². The molecular weight excluding hydrogens is 327 g/mol. The van der Waals surface area contributed by atoms with Gasteiger partial charge in [0.25, 0.3) is 5.56 Å². The van der Waals surface area contributed by atoms with E-state index in [1.54, 1.807) is 23.0 Å². The molecular formula is C17H13FN4OS. The van der Waals surface area contributed by atoms with E-state index in [4.69, 9.17) is 0 Å². The molecule has 0 aliphatic carbocycles. The number of nitrogens with zero attached hydrogens (tertiary/aromatic N) is 4. The zero-order valence-electron chi connectivity index (χ0n) is 12.6. The summed E-state index contributed by atoms with van der Waals surface area (Å²) < 4.78 is 15.6. The maximum absolute atomic E-state index is 13.4. The van der Waals surface area contributed by atoms with Crippen LogP contribution in [0.2, 0.25) is 0 Å². The Bertz CT molecular complexity index is 1060. The van der Waals surface area contributed by atoms with Crippen LogP contribution in [-0.2, 0) is 6.67 Å². The third-order valence-corrected chi connectivity index (χ3v) is 4.78. The van der Waals surface area contributed by atoms with E-state index >= 15 is 0 Å². The first-order valence-electron chi connectivity index (χ1n) is 7.37. The van der Waals surface area contributed by atoms with Gasteiger partial charge in [0.15, 0.2) is 4.80 Å². The van der Waals surface area contributed by atoms with Crippen LogP contribution in [-0.4, -0.2) is 16.2 Å². The third-order valence-electron chi connectivity index (χ3n) is 3.73. The van der Waals surface area contributed by atoms with Crippen LogP contribution >= 0.6 is 11.3 Å². The van der Waals surface area contributed by atoms with E-state index in [0.29, 0.717) is 28.4 Å². The van der Waals surface area contributed by atoms with Crippen molar-refractivity contribution in [3.63, 3.8) is 0 Å². The fourth-order valence-corrected chi connectivity index (χ4v) is 3.52. The minimum atomic E-state index is -0.304. The Morgan fingerprint density at radius 3 is 2.96 bits per heavy atom. The van der Waals surface area contributed by atoms with Gasteiger partial charge >= 0.3 is 0 Å². The van der Waals surface area contributed by atoms with E-state index in [9.17, 15) is 9.18 Å². The Morgan fingerprint density at radius 2 is 2.17 bits per heavy atom. The zero-order chi connectivity index (χ0) is 16.5. The topological polar surface area (TPSA) is 50.5 Å². The molecule has 0 bridgehead atoms. The van der Waals surface area contributed by atoms with Crippen LogP contribution in [0, 0.1) is 5.82 Å². The van der Waals surface area contributed by atoms with Crippen LogP contribution in [0.4, 0.5) is 10.1 Å². The predicted molar refractivity (Wildman–Crippen MR) is 90.9 cm³/mol. The van der Waals surface area contributed by atoms with Crippen LogP contribution < -0.4 is 19.8 Å². The molecule has 120 valence electrons. The normalized spacial score (nSPS) is 14.4. The smallest absolute Gasteiger partial charge is 0.271 e. The van der Waals surface area contributed by atoms with Gasteiger partial charge in [-0.25, -0.2) is 9.38 Å². The minimum absolute atomic E-state index is 0.0938. The molecule has 2 aromatic heterocycles. The van der Waals surface area contributed by atoms with Crippen molar-refractivity contribution >= 4 is 23.1 Å². The molecule has 5 nitrogen and oxygen atoms in total. The van der Waals surface area contributed by atoms with Crippen molar-refractivity contribution in [2.75, 3.05) is 11.6 Å². The number of halogens is 1. The van der Waals surface area contributed by atoms with Crippen LogP contribution in [0.3, 0.4) is 0 Å². The van der Waals surface area contributed by atoms with Crippen LogP contribution in [0.5, 0.6) is 0 Å². The summed E-state index contributed by atoms with van der Waals surface area (Å²) in [6.45, 7) is 0.758. The highest BCUT2D eigenvalue weighted by atomic mass is 32.1. The van der Waals surface area contributed by atoms with Crippen molar-refractivity contribution in [1.29, 1.82) is 0 Å². The average molecular weight is 340 g/mol. The lowest BCUT2D eigenvalue weighted by molar-refractivity contribution is 0.565. The van der Waals surface area contributed by atoms with Crippen molar-refractivity contribution in [3.05, 3.63) is 79.9 Å². The molecule has 4 rings (SSSR count). The highest BCUT2D eigenvalue weighted by Crippen LogP contribution is 2.16. The van der Waals surface area contributed by atoms with E-state index in [-0.39, 0.29) is 11.4 Å². The predicted octanol–water partition coefficient (Wildman–Crippen LogP) is 1.33. The number of hydrogen-bond donors (Lipinski definition) is 0. The standard InChI is InChI=1S/C17H13FN4OS/c18-13-4-1-5-14(8-13)21-10-20-17-22(11-21)16(23)15(24-17)7-12-3-2-6-19-9-12/h1-9H,10-11H2. The molecule has 1 aromatic carbocycles. The summed E-state index contributed by atoms with van der Waals surface area (Å²) in [7, 11) is 0. The molecule has 0 amide bonds. The molecule has 3 aromatic rings. The molecule has 0 fully saturated rings. The van der Waals surface area contributed by atoms with Crippen LogP contribution in [0.25, 0.3) is 6.08 Å². The first-order chi connectivity index (χ1) is 11.7. The van der Waals surface area contributed by atoms with Gasteiger partial charge in [-0.05, 0) is 35.9 Å². The molecule has 0 saturated carbocycles. The number of anilines is 1. The number of fused-ring (bicyclic) bond motifs is 1. The number of rotatable bonds is 2. The Labute approximate surface area is 140 Å². The average Bonchev–Trinajstić information content (AvgIpc) is 2.91. The van der Waals surface area contributed by atoms with Gasteiger partial charge in [0, 0.05) is 18.1 Å². The van der Waals surface area contributed by atoms with E-state index in [0.717, 1.165) is 5.56 Å². The lowest BCUT2D eigenvalue weighted by Crippen LogP contribution is -2.42. The Kier molecular flexibility index (Phi) is 3.70. The first-order valence-corrected chi connectivity index (χ1v) is 8.19. The fraction of sp³-hybridized carbons (Fsp3) is 0.118. The summed E-state index contributed by atoms with van der Waals surface area (Å²) >= 11 is 1.36. The highest BCUT2D eigenvalue weighted by molar-refractivity contribution is 7.07. The lowest BCUT2D eigenvalue weighted by atomic mass is 10.3. The van der Waals surface area contributed by atoms with Crippen molar-refractivity contribution in [1.82, 2.24) is 9.55 Å². The summed E-state index contributed by atoms with van der Waals surface area (Å²) in [6.07, 6.45) is 5.21. The highest BCUT2D eigenvalue weighted by Gasteiger charge is 2.16. The summed E-state index contributed by atoms with van der Waals surface area (Å²) in [4.78, 5) is 23.7. The summed E-state index contributed by atoms with van der Waals surface area (Å²) in [5.41, 5.74) is 1.49. The first kappa shape index (κ1) is 14.8. The molecule has 7 heteroatoms. The maximum atomic E-state index is 13.4. The Balaban J connectivity index is 1.73. The monoisotopic (exact) mass is 340 g/mol. The largest absolute Gasteiger partial charge is 0.333 e. The van der Waals surface area contributed by atoms with Gasteiger partial charge in [-0.1, -0.05) is 23.5 Å². The number of thiazole rings is 1. The van der Waals surface area contributed by atoms with Crippen LogP contribution in [0.15, 0.2) is 58.6 Å². The van der Waals surface area contributed by atoms with Crippen molar-refractivity contribution in [3.8, 4) is 0 Å². The molecule has 3 heterocycles. The third kappa shape index (κ3) is 2.74. The van der Waals surface area contributed by atoms with E-state index in [2.05, 4.69) is 9.98 Å². The Morgan fingerprint density at radius 1 is 1.25 bits per heavy atom. The van der Waals surface area contributed by atoms with E-state index < -0.39 is 0 Å². The van der Waals surface area contributed by atoms with Crippen molar-refractivity contribution in [2.45, 2.75) is 6.67 Å². The molecule has 1 aliphatic heterocycles. The quantitative estimate of drug-likeness (QED) is 0.707. The number of pyridine rings is 1. The summed E-state index contributed by atoms with van der Waals surface area (Å²) in [6, 6.07) is 10.0. The minimum Gasteiger partial charge on any atom is -0.333 e. The van der Waals surface area contributed by atoms with E-state index in [1.165, 1.54) is 23.5 Å². The molecule has 24 heavy (non-hydrogen) atoms. The number of hydrogen-bond acceptors (Lipinski definition) is 5. The molecule has 0 spiro atoms. The number of benzene rings is 1. The molecule has 0 atom stereocenters. The van der Waals surface area contributed by atoms with Gasteiger partial charge < -0.3 is 4.90 Å². The Hall–Kier alpha value is -2.80. The molecule has 1 aliphatic rings. The summed E-state index contributed by atoms with van der Waals surface area (Å²) in [5.74, 6) is -0.304. The fourth-order valence-electron chi connectivity index (χ4n) is 2.56. The SMILES string of the molecule is O=c1c(=Cc2cccnc2)sc2n1CN(c1cccc(F)c1)CN=2. The second-order valence-corrected chi connectivity index (χ2v) is 6.38. The summed E-state index contributed by atoms with van der Waals surface area (Å²) in [5, 5.41) is 0. The van der Waals surface area contributed by atoms with Gasteiger partial charge in [0.2, 0.25) is 0 Å². The van der Waals surface area contributed by atoms with Gasteiger partial charge in [-0.3, -0.25) is 14.3 Å². The van der Waals surface area contributed by atoms with Gasteiger partial charge in [0.05, 0.1) is 4.53 Å². The second-order valence-electron chi connectivity index (χ2n) is 5.37. The lowest BCUT2D eigenvalue weighted by Gasteiger charge is -2.25. The molecule has 0 saturated heterocycles. The second kappa shape index (κ2) is 6.01. The molecule has 0 radical (unpaired) electrons. The van der Waals surface area contributed by atoms with Gasteiger partial charge in [0.1, 0.15) is 19.2 Å². The van der Waals surface area contributed by atoms with E-state index in [1.807, 2.05) is 29.2 Å². The molecule has 0 unspecified atom stereocenters. The zero-order valence-corrected chi connectivity index (χ0v) is 13.4. The van der Waals surface area contributed by atoms with Crippen molar-refractivity contribution in [2.24, 2.45) is 4.99 Å². The van der Waals surface area contributed by atoms with Crippen molar-refractivity contribution < 1.29 is 4.39 Å². The molecule has 0 N–H and O–H groups in total.